The summed E-state index contributed by atoms with van der Waals surface area (Å²) in [7, 11) is 0. The van der Waals surface area contributed by atoms with E-state index in [9.17, 15) is 4.79 Å². The minimum atomic E-state index is 0.170. The number of rotatable bonds is 1. The Kier molecular flexibility index (Phi) is 2.84. The number of carbonyl (C=O) groups excluding carboxylic acids is 1. The van der Waals surface area contributed by atoms with E-state index in [1.165, 1.54) is 0 Å². The van der Waals surface area contributed by atoms with Crippen molar-refractivity contribution in [1.82, 2.24) is 15.0 Å². The van der Waals surface area contributed by atoms with Crippen molar-refractivity contribution in [2.24, 2.45) is 0 Å². The zero-order valence-electron chi connectivity index (χ0n) is 9.97. The Hall–Kier alpha value is -2.10. The largest absolute Gasteiger partial charge is 0.294 e. The Morgan fingerprint density at radius 3 is 2.67 bits per heavy atom. The average molecular weight is 239 g/mol. The van der Waals surface area contributed by atoms with Crippen LogP contribution in [-0.4, -0.2) is 20.7 Å². The first-order valence-corrected chi connectivity index (χ1v) is 6.14. The van der Waals surface area contributed by atoms with Crippen LogP contribution in [0.5, 0.6) is 0 Å². The highest BCUT2D eigenvalue weighted by molar-refractivity contribution is 5.97. The number of carbonyl (C=O) groups is 1. The van der Waals surface area contributed by atoms with Gasteiger partial charge in [-0.1, -0.05) is 0 Å². The predicted octanol–water partition coefficient (Wildman–Crippen LogP) is 2.45. The van der Waals surface area contributed by atoms with Gasteiger partial charge in [0, 0.05) is 30.6 Å². The van der Waals surface area contributed by atoms with E-state index >= 15 is 0 Å². The quantitative estimate of drug-likeness (QED) is 0.717. The molecule has 0 fully saturated rings. The molecule has 0 spiro atoms. The van der Waals surface area contributed by atoms with Gasteiger partial charge in [0.25, 0.3) is 0 Å². The average Bonchev–Trinajstić information content (AvgIpc) is 2.61. The van der Waals surface area contributed by atoms with Gasteiger partial charge in [-0.05, 0) is 31.4 Å². The van der Waals surface area contributed by atoms with Crippen LogP contribution in [0.2, 0.25) is 0 Å². The molecular weight excluding hydrogens is 226 g/mol. The summed E-state index contributed by atoms with van der Waals surface area (Å²) in [5.74, 6) is 0.842. The molecule has 0 amide bonds. The van der Waals surface area contributed by atoms with Gasteiger partial charge in [0.1, 0.15) is 0 Å². The molecule has 1 aliphatic carbocycles. The molecular formula is C14H13N3O. The third kappa shape index (κ3) is 2.01. The molecule has 90 valence electrons. The molecule has 0 saturated heterocycles. The summed E-state index contributed by atoms with van der Waals surface area (Å²) >= 11 is 0. The summed E-state index contributed by atoms with van der Waals surface area (Å²) in [5.41, 5.74) is 2.52. The Morgan fingerprint density at radius 1 is 1.06 bits per heavy atom. The molecule has 2 heterocycles. The SMILES string of the molecule is O=C1CCCCc2nc(-c3ccncc3)ncc21. The fourth-order valence-electron chi connectivity index (χ4n) is 2.19. The summed E-state index contributed by atoms with van der Waals surface area (Å²) in [6, 6.07) is 3.75. The number of hydrogen-bond acceptors (Lipinski definition) is 4. The summed E-state index contributed by atoms with van der Waals surface area (Å²) in [6.07, 6.45) is 8.55. The number of hydrogen-bond donors (Lipinski definition) is 0. The van der Waals surface area contributed by atoms with Crippen LogP contribution < -0.4 is 0 Å². The van der Waals surface area contributed by atoms with Crippen LogP contribution in [0.4, 0.5) is 0 Å². The summed E-state index contributed by atoms with van der Waals surface area (Å²) in [5, 5.41) is 0. The highest BCUT2D eigenvalue weighted by atomic mass is 16.1. The number of ketones is 1. The van der Waals surface area contributed by atoms with Crippen LogP contribution >= 0.6 is 0 Å². The smallest absolute Gasteiger partial charge is 0.166 e. The third-order valence-corrected chi connectivity index (χ3v) is 3.17. The highest BCUT2D eigenvalue weighted by Gasteiger charge is 2.17. The molecule has 4 heteroatoms. The van der Waals surface area contributed by atoms with Gasteiger partial charge < -0.3 is 0 Å². The monoisotopic (exact) mass is 239 g/mol. The van der Waals surface area contributed by atoms with E-state index < -0.39 is 0 Å². The molecule has 2 aromatic heterocycles. The van der Waals surface area contributed by atoms with Crippen molar-refractivity contribution in [3.63, 3.8) is 0 Å². The number of pyridine rings is 1. The van der Waals surface area contributed by atoms with Gasteiger partial charge in [0.2, 0.25) is 0 Å². The lowest BCUT2D eigenvalue weighted by Crippen LogP contribution is -2.05. The number of nitrogens with zero attached hydrogens (tertiary/aromatic N) is 3. The zero-order chi connectivity index (χ0) is 12.4. The maximum Gasteiger partial charge on any atom is 0.166 e. The molecule has 0 radical (unpaired) electrons. The van der Waals surface area contributed by atoms with Gasteiger partial charge in [-0.15, -0.1) is 0 Å². The summed E-state index contributed by atoms with van der Waals surface area (Å²) < 4.78 is 0. The fourth-order valence-corrected chi connectivity index (χ4v) is 2.19. The van der Waals surface area contributed by atoms with Crippen LogP contribution in [0.1, 0.15) is 35.3 Å². The summed E-state index contributed by atoms with van der Waals surface area (Å²) in [6.45, 7) is 0. The maximum atomic E-state index is 11.9. The number of Topliss-reactive ketones (excluding diaryl/α,β-unsaturated/α-hetero) is 1. The molecule has 0 saturated carbocycles. The van der Waals surface area contributed by atoms with Crippen molar-refractivity contribution in [3.05, 3.63) is 42.0 Å². The second kappa shape index (κ2) is 4.64. The molecule has 4 nitrogen and oxygen atoms in total. The minimum Gasteiger partial charge on any atom is -0.294 e. The first kappa shape index (κ1) is 11.0. The van der Waals surface area contributed by atoms with E-state index in [0.717, 1.165) is 30.5 Å². The lowest BCUT2D eigenvalue weighted by atomic mass is 10.1. The van der Waals surface area contributed by atoms with Crippen LogP contribution in [-0.2, 0) is 6.42 Å². The molecule has 18 heavy (non-hydrogen) atoms. The standard InChI is InChI=1S/C14H13N3O/c18-13-4-2-1-3-12-11(13)9-16-14(17-12)10-5-7-15-8-6-10/h5-9H,1-4H2. The van der Waals surface area contributed by atoms with Crippen molar-refractivity contribution in [1.29, 1.82) is 0 Å². The molecule has 0 unspecified atom stereocenters. The predicted molar refractivity (Wildman–Crippen MR) is 67.1 cm³/mol. The third-order valence-electron chi connectivity index (χ3n) is 3.17. The van der Waals surface area contributed by atoms with Crippen molar-refractivity contribution >= 4 is 5.78 Å². The van der Waals surface area contributed by atoms with Crippen LogP contribution in [0.25, 0.3) is 11.4 Å². The lowest BCUT2D eigenvalue weighted by molar-refractivity contribution is 0.0981. The normalized spacial score (nSPS) is 15.0. The van der Waals surface area contributed by atoms with E-state index in [2.05, 4.69) is 15.0 Å². The minimum absolute atomic E-state index is 0.170. The Labute approximate surface area is 105 Å². The fraction of sp³-hybridized carbons (Fsp3) is 0.286. The van der Waals surface area contributed by atoms with Crippen molar-refractivity contribution in [2.75, 3.05) is 0 Å². The van der Waals surface area contributed by atoms with E-state index in [-0.39, 0.29) is 5.78 Å². The lowest BCUT2D eigenvalue weighted by Gasteiger charge is -2.05. The van der Waals surface area contributed by atoms with E-state index in [0.29, 0.717) is 17.8 Å². The number of aromatic nitrogens is 3. The van der Waals surface area contributed by atoms with E-state index in [1.54, 1.807) is 18.6 Å². The first-order valence-electron chi connectivity index (χ1n) is 6.14. The molecule has 0 aliphatic heterocycles. The molecule has 0 bridgehead atoms. The second-order valence-electron chi connectivity index (χ2n) is 4.42. The van der Waals surface area contributed by atoms with Crippen LogP contribution in [0.15, 0.2) is 30.7 Å². The van der Waals surface area contributed by atoms with Gasteiger partial charge in [0.05, 0.1) is 11.3 Å². The van der Waals surface area contributed by atoms with Gasteiger partial charge in [0.15, 0.2) is 11.6 Å². The van der Waals surface area contributed by atoms with Crippen molar-refractivity contribution in [2.45, 2.75) is 25.7 Å². The maximum absolute atomic E-state index is 11.9. The second-order valence-corrected chi connectivity index (χ2v) is 4.42. The number of fused-ring (bicyclic) bond motifs is 1. The molecule has 0 N–H and O–H groups in total. The topological polar surface area (TPSA) is 55.7 Å². The van der Waals surface area contributed by atoms with Gasteiger partial charge in [-0.2, -0.15) is 0 Å². The van der Waals surface area contributed by atoms with E-state index in [4.69, 9.17) is 0 Å². The molecule has 1 aliphatic rings. The van der Waals surface area contributed by atoms with Crippen molar-refractivity contribution < 1.29 is 4.79 Å². The van der Waals surface area contributed by atoms with Crippen LogP contribution in [0.3, 0.4) is 0 Å². The zero-order valence-corrected chi connectivity index (χ0v) is 9.97. The van der Waals surface area contributed by atoms with Crippen molar-refractivity contribution in [3.8, 4) is 11.4 Å². The first-order chi connectivity index (χ1) is 8.84. The van der Waals surface area contributed by atoms with Gasteiger partial charge >= 0.3 is 0 Å². The van der Waals surface area contributed by atoms with Gasteiger partial charge in [-0.3, -0.25) is 9.78 Å². The molecule has 2 aromatic rings. The number of aryl methyl sites for hydroxylation is 1. The molecule has 3 rings (SSSR count). The summed E-state index contributed by atoms with van der Waals surface area (Å²) in [4.78, 5) is 24.7. The highest BCUT2D eigenvalue weighted by Crippen LogP contribution is 2.21. The Balaban J connectivity index is 2.06. The molecule has 0 atom stereocenters. The molecule has 0 aromatic carbocycles. The van der Waals surface area contributed by atoms with Crippen LogP contribution in [0, 0.1) is 0 Å². The Morgan fingerprint density at radius 2 is 1.83 bits per heavy atom. The Bertz CT molecular complexity index is 581. The van der Waals surface area contributed by atoms with Gasteiger partial charge in [-0.25, -0.2) is 9.97 Å². The van der Waals surface area contributed by atoms with E-state index in [1.807, 2.05) is 12.1 Å².